The first kappa shape index (κ1) is 10.9. The zero-order chi connectivity index (χ0) is 11.4. The third-order valence-corrected chi connectivity index (χ3v) is 3.57. The molecule has 2 fully saturated rings. The molecule has 4 atom stereocenters. The summed E-state index contributed by atoms with van der Waals surface area (Å²) in [4.78, 5) is 13.7. The summed E-state index contributed by atoms with van der Waals surface area (Å²) in [5, 5.41) is 9.58. The van der Waals surface area contributed by atoms with E-state index in [2.05, 4.69) is 6.92 Å². The molecule has 86 valence electrons. The molecule has 0 aromatic heterocycles. The summed E-state index contributed by atoms with van der Waals surface area (Å²) in [7, 11) is 0. The molecule has 4 nitrogen and oxygen atoms in total. The molecule has 4 heteroatoms. The molecule has 15 heavy (non-hydrogen) atoms. The molecule has 2 aliphatic heterocycles. The molecule has 2 saturated heterocycles. The number of aliphatic hydroxyl groups excluding tert-OH is 1. The minimum Gasteiger partial charge on any atom is -0.393 e. The summed E-state index contributed by atoms with van der Waals surface area (Å²) in [6, 6.07) is 0.140. The quantitative estimate of drug-likeness (QED) is 0.649. The summed E-state index contributed by atoms with van der Waals surface area (Å²) in [6.45, 7) is 8.22. The van der Waals surface area contributed by atoms with Crippen LogP contribution >= 0.6 is 0 Å². The zero-order valence-electron chi connectivity index (χ0n) is 9.73. The Balaban J connectivity index is 2.24. The molecule has 0 aromatic rings. The molecule has 1 N–H and O–H groups in total. The van der Waals surface area contributed by atoms with Gasteiger partial charge in [0.05, 0.1) is 24.7 Å². The summed E-state index contributed by atoms with van der Waals surface area (Å²) in [5.74, 6) is 0.0880. The van der Waals surface area contributed by atoms with Gasteiger partial charge in [0.2, 0.25) is 5.91 Å². The summed E-state index contributed by atoms with van der Waals surface area (Å²) >= 11 is 0. The van der Waals surface area contributed by atoms with Crippen LogP contribution in [0.15, 0.2) is 0 Å². The van der Waals surface area contributed by atoms with E-state index in [0.29, 0.717) is 12.5 Å². The number of hydrogen-bond donors (Lipinski definition) is 1. The van der Waals surface area contributed by atoms with Crippen LogP contribution in [0.1, 0.15) is 27.7 Å². The van der Waals surface area contributed by atoms with Crippen LogP contribution in [0.4, 0.5) is 0 Å². The van der Waals surface area contributed by atoms with Gasteiger partial charge in [0, 0.05) is 5.92 Å². The number of carbonyl (C=O) groups excluding carboxylic acids is 1. The van der Waals surface area contributed by atoms with Crippen molar-refractivity contribution >= 4 is 5.91 Å². The largest absolute Gasteiger partial charge is 0.393 e. The number of carbonyl (C=O) groups is 1. The van der Waals surface area contributed by atoms with E-state index in [9.17, 15) is 9.90 Å². The Morgan fingerprint density at radius 1 is 1.60 bits per heavy atom. The number of fused-ring (bicyclic) bond motifs is 1. The SMILES string of the molecule is C[C@@H](O)C1C(=O)N2C1[C@@H](C)COC2(C)C. The maximum atomic E-state index is 11.9. The Hall–Kier alpha value is -0.610. The zero-order valence-corrected chi connectivity index (χ0v) is 9.73. The highest BCUT2D eigenvalue weighted by molar-refractivity contribution is 5.87. The molecule has 0 bridgehead atoms. The Bertz CT molecular complexity index is 288. The van der Waals surface area contributed by atoms with Crippen LogP contribution in [0.3, 0.4) is 0 Å². The Kier molecular flexibility index (Phi) is 2.32. The van der Waals surface area contributed by atoms with Crippen LogP contribution in [0.5, 0.6) is 0 Å². The van der Waals surface area contributed by atoms with Gasteiger partial charge in [-0.15, -0.1) is 0 Å². The fourth-order valence-electron chi connectivity index (χ4n) is 2.76. The molecule has 0 spiro atoms. The third-order valence-electron chi connectivity index (χ3n) is 3.57. The molecule has 2 unspecified atom stereocenters. The minimum absolute atomic E-state index is 0.0200. The van der Waals surface area contributed by atoms with E-state index < -0.39 is 11.8 Å². The number of aliphatic hydroxyl groups is 1. The van der Waals surface area contributed by atoms with Gasteiger partial charge in [-0.2, -0.15) is 0 Å². The predicted molar refractivity (Wildman–Crippen MR) is 55.0 cm³/mol. The third kappa shape index (κ3) is 1.39. The second-order valence-corrected chi connectivity index (χ2v) is 5.20. The lowest BCUT2D eigenvalue weighted by molar-refractivity contribution is -0.254. The van der Waals surface area contributed by atoms with E-state index in [1.54, 1.807) is 11.8 Å². The van der Waals surface area contributed by atoms with Crippen molar-refractivity contribution in [3.8, 4) is 0 Å². The fourth-order valence-corrected chi connectivity index (χ4v) is 2.76. The van der Waals surface area contributed by atoms with Crippen LogP contribution in [0, 0.1) is 11.8 Å². The highest BCUT2D eigenvalue weighted by atomic mass is 16.5. The predicted octanol–water partition coefficient (Wildman–Crippen LogP) is 0.597. The van der Waals surface area contributed by atoms with Gasteiger partial charge in [-0.25, -0.2) is 0 Å². The first-order valence-electron chi connectivity index (χ1n) is 5.51. The monoisotopic (exact) mass is 213 g/mol. The minimum atomic E-state index is -0.560. The first-order valence-corrected chi connectivity index (χ1v) is 5.51. The van der Waals surface area contributed by atoms with E-state index in [4.69, 9.17) is 4.74 Å². The number of rotatable bonds is 1. The number of amides is 1. The number of nitrogens with zero attached hydrogens (tertiary/aromatic N) is 1. The van der Waals surface area contributed by atoms with Crippen molar-refractivity contribution in [3.05, 3.63) is 0 Å². The van der Waals surface area contributed by atoms with Gasteiger partial charge >= 0.3 is 0 Å². The number of hydrogen-bond acceptors (Lipinski definition) is 3. The standard InChI is InChI=1S/C11H19NO3/c1-6-5-15-11(3,4)12-9(6)8(7(2)13)10(12)14/h6-9,13H,5H2,1-4H3/t6-,7+,8?,9?/m0/s1. The van der Waals surface area contributed by atoms with Gasteiger partial charge in [-0.05, 0) is 20.8 Å². The van der Waals surface area contributed by atoms with Gasteiger partial charge in [0.15, 0.2) is 0 Å². The summed E-state index contributed by atoms with van der Waals surface area (Å²) < 4.78 is 5.63. The van der Waals surface area contributed by atoms with Gasteiger partial charge < -0.3 is 14.7 Å². The summed E-state index contributed by atoms with van der Waals surface area (Å²) in [6.07, 6.45) is -0.560. The van der Waals surface area contributed by atoms with E-state index >= 15 is 0 Å². The van der Waals surface area contributed by atoms with Crippen molar-refractivity contribution in [1.82, 2.24) is 4.90 Å². The van der Waals surface area contributed by atoms with Crippen molar-refractivity contribution < 1.29 is 14.6 Å². The second-order valence-electron chi connectivity index (χ2n) is 5.20. The van der Waals surface area contributed by atoms with E-state index in [1.807, 2.05) is 13.8 Å². The molecule has 0 radical (unpaired) electrons. The molecule has 0 saturated carbocycles. The molecule has 0 aromatic carbocycles. The average molecular weight is 213 g/mol. The molecule has 1 amide bonds. The molecule has 2 aliphatic rings. The van der Waals surface area contributed by atoms with Gasteiger partial charge in [0.1, 0.15) is 5.72 Å². The highest BCUT2D eigenvalue weighted by Gasteiger charge is 2.59. The molecular weight excluding hydrogens is 194 g/mol. The van der Waals surface area contributed by atoms with Gasteiger partial charge in [-0.1, -0.05) is 6.92 Å². The van der Waals surface area contributed by atoms with Crippen molar-refractivity contribution in [2.24, 2.45) is 11.8 Å². The maximum Gasteiger partial charge on any atom is 0.232 e. The molecule has 0 aliphatic carbocycles. The average Bonchev–Trinajstić information content (AvgIpc) is 2.07. The topological polar surface area (TPSA) is 49.8 Å². The van der Waals surface area contributed by atoms with Crippen LogP contribution < -0.4 is 0 Å². The van der Waals surface area contributed by atoms with Gasteiger partial charge in [-0.3, -0.25) is 4.79 Å². The molecule has 2 heterocycles. The lowest BCUT2D eigenvalue weighted by Crippen LogP contribution is -2.75. The van der Waals surface area contributed by atoms with Gasteiger partial charge in [0.25, 0.3) is 0 Å². The Morgan fingerprint density at radius 2 is 2.20 bits per heavy atom. The van der Waals surface area contributed by atoms with Crippen LogP contribution in [0.2, 0.25) is 0 Å². The van der Waals surface area contributed by atoms with Crippen molar-refractivity contribution in [2.45, 2.75) is 45.6 Å². The van der Waals surface area contributed by atoms with Crippen LogP contribution in [-0.4, -0.2) is 40.4 Å². The van der Waals surface area contributed by atoms with E-state index in [0.717, 1.165) is 0 Å². The fraction of sp³-hybridized carbons (Fsp3) is 0.909. The lowest BCUT2D eigenvalue weighted by Gasteiger charge is -2.60. The lowest BCUT2D eigenvalue weighted by atomic mass is 9.74. The highest BCUT2D eigenvalue weighted by Crippen LogP contribution is 2.43. The number of ether oxygens (including phenoxy) is 1. The molecule has 2 rings (SSSR count). The van der Waals surface area contributed by atoms with Crippen molar-refractivity contribution in [3.63, 3.8) is 0 Å². The number of β-lactam (4-membered cyclic amide) rings is 1. The Morgan fingerprint density at radius 3 is 2.73 bits per heavy atom. The van der Waals surface area contributed by atoms with Crippen LogP contribution in [0.25, 0.3) is 0 Å². The summed E-state index contributed by atoms with van der Waals surface area (Å²) in [5.41, 5.74) is -0.514. The van der Waals surface area contributed by atoms with E-state index in [-0.39, 0.29) is 17.9 Å². The first-order chi connectivity index (χ1) is 6.86. The van der Waals surface area contributed by atoms with Crippen molar-refractivity contribution in [1.29, 1.82) is 0 Å². The molecular formula is C11H19NO3. The van der Waals surface area contributed by atoms with Crippen molar-refractivity contribution in [2.75, 3.05) is 6.61 Å². The second kappa shape index (κ2) is 3.19. The van der Waals surface area contributed by atoms with Crippen LogP contribution in [-0.2, 0) is 9.53 Å². The maximum absolute atomic E-state index is 11.9. The smallest absolute Gasteiger partial charge is 0.232 e. The Labute approximate surface area is 90.2 Å². The van der Waals surface area contributed by atoms with E-state index in [1.165, 1.54) is 0 Å². The normalized spacial score (nSPS) is 40.7.